The standard InChI is InChI=1S/C22H25N5OS/c1-3-15-27-21(19-11-13-23-14-12-19)25-26-22(27)29-16-20(28)24-17(2)9-10-18-7-5-4-6-8-18/h3-8,11-14,17H,1,9-10,15-16H2,2H3,(H,24,28)/t17-/m0/s1. The van der Waals surface area contributed by atoms with Crippen LogP contribution in [0.1, 0.15) is 18.9 Å². The third-order valence-electron chi connectivity index (χ3n) is 4.42. The lowest BCUT2D eigenvalue weighted by molar-refractivity contribution is -0.119. The van der Waals surface area contributed by atoms with Gasteiger partial charge in [-0.1, -0.05) is 48.2 Å². The number of rotatable bonds is 10. The van der Waals surface area contributed by atoms with Crippen LogP contribution in [0.3, 0.4) is 0 Å². The average Bonchev–Trinajstić information content (AvgIpc) is 3.15. The summed E-state index contributed by atoms with van der Waals surface area (Å²) in [5.41, 5.74) is 2.21. The summed E-state index contributed by atoms with van der Waals surface area (Å²) in [6.45, 7) is 6.42. The van der Waals surface area contributed by atoms with E-state index in [1.54, 1.807) is 18.5 Å². The van der Waals surface area contributed by atoms with Crippen molar-refractivity contribution in [2.24, 2.45) is 0 Å². The second kappa shape index (κ2) is 10.6. The van der Waals surface area contributed by atoms with Crippen molar-refractivity contribution >= 4 is 17.7 Å². The highest BCUT2D eigenvalue weighted by Crippen LogP contribution is 2.23. The topological polar surface area (TPSA) is 72.7 Å². The number of hydrogen-bond acceptors (Lipinski definition) is 5. The molecular weight excluding hydrogens is 382 g/mol. The summed E-state index contributed by atoms with van der Waals surface area (Å²) in [4.78, 5) is 16.4. The van der Waals surface area contributed by atoms with Crippen molar-refractivity contribution in [1.82, 2.24) is 25.1 Å². The number of amides is 1. The smallest absolute Gasteiger partial charge is 0.230 e. The van der Waals surface area contributed by atoms with Gasteiger partial charge in [0.2, 0.25) is 5.91 Å². The molecule has 2 heterocycles. The molecule has 0 saturated heterocycles. The number of aryl methyl sites for hydroxylation is 1. The largest absolute Gasteiger partial charge is 0.353 e. The molecule has 0 bridgehead atoms. The molecule has 1 atom stereocenters. The maximum atomic E-state index is 12.4. The molecule has 1 N–H and O–H groups in total. The van der Waals surface area contributed by atoms with Gasteiger partial charge in [0.1, 0.15) is 0 Å². The minimum absolute atomic E-state index is 0.00539. The highest BCUT2D eigenvalue weighted by atomic mass is 32.2. The van der Waals surface area contributed by atoms with Gasteiger partial charge in [0.05, 0.1) is 5.75 Å². The van der Waals surface area contributed by atoms with Gasteiger partial charge in [0.15, 0.2) is 11.0 Å². The molecule has 0 spiro atoms. The van der Waals surface area contributed by atoms with Crippen molar-refractivity contribution in [3.05, 3.63) is 73.1 Å². The summed E-state index contributed by atoms with van der Waals surface area (Å²) in [6, 6.07) is 14.2. The molecule has 29 heavy (non-hydrogen) atoms. The van der Waals surface area contributed by atoms with Gasteiger partial charge in [-0.2, -0.15) is 0 Å². The molecule has 0 aliphatic heterocycles. The zero-order valence-corrected chi connectivity index (χ0v) is 17.3. The Bertz CT molecular complexity index is 927. The number of thioether (sulfide) groups is 1. The molecule has 0 aliphatic carbocycles. The number of nitrogens with zero attached hydrogens (tertiary/aromatic N) is 4. The zero-order chi connectivity index (χ0) is 20.5. The maximum Gasteiger partial charge on any atom is 0.230 e. The van der Waals surface area contributed by atoms with Crippen molar-refractivity contribution in [3.63, 3.8) is 0 Å². The second-order valence-electron chi connectivity index (χ2n) is 6.72. The highest BCUT2D eigenvalue weighted by molar-refractivity contribution is 7.99. The van der Waals surface area contributed by atoms with Gasteiger partial charge in [-0.15, -0.1) is 16.8 Å². The highest BCUT2D eigenvalue weighted by Gasteiger charge is 2.15. The number of benzene rings is 1. The number of allylic oxidation sites excluding steroid dienone is 1. The zero-order valence-electron chi connectivity index (χ0n) is 16.5. The van der Waals surface area contributed by atoms with E-state index in [-0.39, 0.29) is 11.9 Å². The molecule has 3 rings (SSSR count). The fraction of sp³-hybridized carbons (Fsp3) is 0.273. The van der Waals surface area contributed by atoms with E-state index in [2.05, 4.69) is 39.2 Å². The predicted octanol–water partition coefficient (Wildman–Crippen LogP) is 3.76. The molecule has 7 heteroatoms. The predicted molar refractivity (Wildman–Crippen MR) is 117 cm³/mol. The van der Waals surface area contributed by atoms with Gasteiger partial charge in [-0.05, 0) is 37.5 Å². The van der Waals surface area contributed by atoms with Gasteiger partial charge < -0.3 is 5.32 Å². The Morgan fingerprint density at radius 3 is 2.69 bits per heavy atom. The number of hydrogen-bond donors (Lipinski definition) is 1. The first kappa shape index (κ1) is 20.8. The lowest BCUT2D eigenvalue weighted by Crippen LogP contribution is -2.34. The van der Waals surface area contributed by atoms with Crippen molar-refractivity contribution in [3.8, 4) is 11.4 Å². The normalized spacial score (nSPS) is 11.8. The summed E-state index contributed by atoms with van der Waals surface area (Å²) in [5, 5.41) is 12.3. The second-order valence-corrected chi connectivity index (χ2v) is 7.67. The summed E-state index contributed by atoms with van der Waals surface area (Å²) in [6.07, 6.45) is 7.08. The Morgan fingerprint density at radius 1 is 1.21 bits per heavy atom. The van der Waals surface area contributed by atoms with Crippen LogP contribution in [0.4, 0.5) is 0 Å². The SMILES string of the molecule is C=CCn1c(SCC(=O)N[C@@H](C)CCc2ccccc2)nnc1-c1ccncc1. The molecule has 0 fully saturated rings. The van der Waals surface area contributed by atoms with Crippen molar-refractivity contribution < 1.29 is 4.79 Å². The van der Waals surface area contributed by atoms with E-state index >= 15 is 0 Å². The third kappa shape index (κ3) is 6.02. The van der Waals surface area contributed by atoms with Gasteiger partial charge in [0, 0.05) is 30.5 Å². The van der Waals surface area contributed by atoms with E-state index < -0.39 is 0 Å². The molecule has 6 nitrogen and oxygen atoms in total. The van der Waals surface area contributed by atoms with Crippen molar-refractivity contribution in [1.29, 1.82) is 0 Å². The lowest BCUT2D eigenvalue weighted by Gasteiger charge is -2.14. The Labute approximate surface area is 175 Å². The number of pyridine rings is 1. The third-order valence-corrected chi connectivity index (χ3v) is 5.38. The molecule has 150 valence electrons. The van der Waals surface area contributed by atoms with Crippen LogP contribution in [0.25, 0.3) is 11.4 Å². The number of carbonyl (C=O) groups excluding carboxylic acids is 1. The Morgan fingerprint density at radius 2 is 1.97 bits per heavy atom. The molecule has 2 aromatic heterocycles. The van der Waals surface area contributed by atoms with Gasteiger partial charge in [-0.3, -0.25) is 14.3 Å². The van der Waals surface area contributed by atoms with Crippen LogP contribution in [0.2, 0.25) is 0 Å². The van der Waals surface area contributed by atoms with Gasteiger partial charge in [0.25, 0.3) is 0 Å². The first-order chi connectivity index (χ1) is 14.2. The van der Waals surface area contributed by atoms with E-state index in [0.717, 1.165) is 24.2 Å². The fourth-order valence-corrected chi connectivity index (χ4v) is 3.71. The summed E-state index contributed by atoms with van der Waals surface area (Å²) in [5.74, 6) is 1.03. The minimum Gasteiger partial charge on any atom is -0.353 e. The molecule has 0 aliphatic rings. The number of nitrogens with one attached hydrogen (secondary N) is 1. The van der Waals surface area contributed by atoms with E-state index in [1.807, 2.05) is 41.8 Å². The molecule has 3 aromatic rings. The molecule has 1 amide bonds. The molecule has 0 saturated carbocycles. The van der Waals surface area contributed by atoms with Crippen molar-refractivity contribution in [2.45, 2.75) is 37.5 Å². The van der Waals surface area contributed by atoms with Crippen molar-refractivity contribution in [2.75, 3.05) is 5.75 Å². The maximum absolute atomic E-state index is 12.4. The monoisotopic (exact) mass is 407 g/mol. The number of carbonyl (C=O) groups is 1. The Balaban J connectivity index is 1.54. The van der Waals surface area contributed by atoms with Crippen LogP contribution in [-0.2, 0) is 17.8 Å². The first-order valence-electron chi connectivity index (χ1n) is 9.58. The van der Waals surface area contributed by atoms with E-state index in [0.29, 0.717) is 17.5 Å². The molecule has 1 aromatic carbocycles. The van der Waals surface area contributed by atoms with Crippen LogP contribution in [0.15, 0.2) is 72.7 Å². The van der Waals surface area contributed by atoms with Gasteiger partial charge in [-0.25, -0.2) is 0 Å². The minimum atomic E-state index is -0.00539. The summed E-state index contributed by atoms with van der Waals surface area (Å²) >= 11 is 1.38. The van der Waals surface area contributed by atoms with E-state index in [4.69, 9.17) is 0 Å². The number of aromatic nitrogens is 4. The fourth-order valence-electron chi connectivity index (χ4n) is 2.95. The Hall–Kier alpha value is -2.93. The average molecular weight is 408 g/mol. The first-order valence-corrected chi connectivity index (χ1v) is 10.6. The summed E-state index contributed by atoms with van der Waals surface area (Å²) < 4.78 is 1.96. The Kier molecular flexibility index (Phi) is 7.58. The van der Waals surface area contributed by atoms with E-state index in [9.17, 15) is 4.79 Å². The molecular formula is C22H25N5OS. The molecule has 0 radical (unpaired) electrons. The quantitative estimate of drug-likeness (QED) is 0.409. The van der Waals surface area contributed by atoms with Crippen LogP contribution in [0.5, 0.6) is 0 Å². The van der Waals surface area contributed by atoms with Crippen LogP contribution >= 0.6 is 11.8 Å². The summed E-state index contributed by atoms with van der Waals surface area (Å²) in [7, 11) is 0. The van der Waals surface area contributed by atoms with Crippen LogP contribution in [-0.4, -0.2) is 37.5 Å². The lowest BCUT2D eigenvalue weighted by atomic mass is 10.1. The van der Waals surface area contributed by atoms with E-state index in [1.165, 1.54) is 17.3 Å². The van der Waals surface area contributed by atoms with Crippen LogP contribution < -0.4 is 5.32 Å². The van der Waals surface area contributed by atoms with Crippen LogP contribution in [0, 0.1) is 0 Å². The van der Waals surface area contributed by atoms with Gasteiger partial charge >= 0.3 is 0 Å². The molecule has 0 unspecified atom stereocenters.